The van der Waals surface area contributed by atoms with Gasteiger partial charge in [-0.3, -0.25) is 39.0 Å². The molecule has 0 unspecified atom stereocenters. The normalized spacial score (nSPS) is 26.1. The summed E-state index contributed by atoms with van der Waals surface area (Å²) in [5.41, 5.74) is 17.0. The van der Waals surface area contributed by atoms with Crippen molar-refractivity contribution in [1.29, 1.82) is 5.41 Å². The summed E-state index contributed by atoms with van der Waals surface area (Å²) in [6.45, 7) is 11.5. The average molecular weight is 953 g/mol. The molecule has 2 heterocycles. The van der Waals surface area contributed by atoms with E-state index in [4.69, 9.17) is 41.6 Å². The lowest BCUT2D eigenvalue weighted by molar-refractivity contribution is -0.230. The Bertz CT molecular complexity index is 2210. The van der Waals surface area contributed by atoms with Crippen molar-refractivity contribution >= 4 is 69.7 Å². The van der Waals surface area contributed by atoms with Gasteiger partial charge in [0.05, 0.1) is 33.9 Å². The third-order valence-corrected chi connectivity index (χ3v) is 13.7. The van der Waals surface area contributed by atoms with Gasteiger partial charge in [0.25, 0.3) is 0 Å². The summed E-state index contributed by atoms with van der Waals surface area (Å²) in [5, 5.41) is 11.6. The lowest BCUT2D eigenvalue weighted by atomic mass is 9.64. The molecule has 0 aromatic heterocycles. The zero-order chi connectivity index (χ0) is 48.1. The van der Waals surface area contributed by atoms with Crippen LogP contribution in [-0.2, 0) is 62.5 Å². The summed E-state index contributed by atoms with van der Waals surface area (Å²) in [6.07, 6.45) is 0.178. The lowest BCUT2D eigenvalue weighted by Crippen LogP contribution is -2.70. The molecule has 65 heavy (non-hydrogen) atoms. The van der Waals surface area contributed by atoms with E-state index < -0.39 is 130 Å². The molecular formula is C43H62ClN7O13S. The molecule has 3 amide bonds. The molecule has 1 aliphatic carbocycles. The number of piperidine rings is 1. The van der Waals surface area contributed by atoms with Crippen LogP contribution < -0.4 is 27.2 Å². The zero-order valence-corrected chi connectivity index (χ0v) is 39.5. The third-order valence-electron chi connectivity index (χ3n) is 11.9. The number of carbonyl (C=O) groups excluding carboxylic acids is 7. The number of Topliss-reactive ketones (excluding diaryl/α,β-unsaturated/α-hetero) is 1. The minimum Gasteiger partial charge on any atom is -0.463 e. The van der Waals surface area contributed by atoms with E-state index >= 15 is 4.79 Å². The summed E-state index contributed by atoms with van der Waals surface area (Å²) >= 11 is 0. The van der Waals surface area contributed by atoms with Crippen molar-refractivity contribution in [2.24, 2.45) is 28.0 Å². The van der Waals surface area contributed by atoms with Gasteiger partial charge in [-0.2, -0.15) is 0 Å². The molecule has 2 fully saturated rings. The molecule has 0 spiro atoms. The van der Waals surface area contributed by atoms with Crippen LogP contribution in [0.25, 0.3) is 0 Å². The van der Waals surface area contributed by atoms with Crippen LogP contribution in [0.3, 0.4) is 0 Å². The van der Waals surface area contributed by atoms with Crippen LogP contribution in [-0.4, -0.2) is 123 Å². The van der Waals surface area contributed by atoms with Gasteiger partial charge in [0, 0.05) is 47.2 Å². The lowest BCUT2D eigenvalue weighted by Gasteiger charge is -2.51. The number of ketones is 1. The standard InChI is InChI=1S/C43H61N7O13S.ClH/c1-22-18-23(2)37(25(4)24(22)3)64(58,59)49-31(19-33(45)55)38(56)42(20-30(44)40(57)50-16-10-9-11-17-50)12-14-43(15-13-42,41(46)47)39-34(48-26(5)51)36(62-29(8)54)35(61-28(7)53)32(63-39)21-60-27(6)52;/h12-15,18,30-32,34-36,39,49H,9-11,16-17,19-21,44H2,1-8H3,(H2,45,55)(H3,46,47)(H,48,51);1H/t30-,31+,32-,34-,35-,36-,39-,42?,43?;/m1./s1. The van der Waals surface area contributed by atoms with Crippen molar-refractivity contribution in [2.75, 3.05) is 19.7 Å². The number of sulfonamides is 1. The van der Waals surface area contributed by atoms with E-state index in [0.29, 0.717) is 29.8 Å². The van der Waals surface area contributed by atoms with Gasteiger partial charge in [-0.25, -0.2) is 13.1 Å². The van der Waals surface area contributed by atoms with Crippen LogP contribution in [0, 0.1) is 43.9 Å². The van der Waals surface area contributed by atoms with E-state index in [0.717, 1.165) is 52.5 Å². The summed E-state index contributed by atoms with van der Waals surface area (Å²) < 4.78 is 53.9. The summed E-state index contributed by atoms with van der Waals surface area (Å²) in [4.78, 5) is 93.1. The predicted molar refractivity (Wildman–Crippen MR) is 238 cm³/mol. The third kappa shape index (κ3) is 12.4. The summed E-state index contributed by atoms with van der Waals surface area (Å²) in [6, 6.07) is -2.97. The van der Waals surface area contributed by atoms with Gasteiger partial charge in [0.2, 0.25) is 27.7 Å². The first-order valence-corrected chi connectivity index (χ1v) is 22.4. The number of allylic oxidation sites excluding steroid dienone is 2. The summed E-state index contributed by atoms with van der Waals surface area (Å²) in [5.74, 6) is -6.26. The minimum atomic E-state index is -4.56. The topological polar surface area (TPSA) is 320 Å². The highest BCUT2D eigenvalue weighted by Gasteiger charge is 2.58. The fourth-order valence-corrected chi connectivity index (χ4v) is 10.5. The number of carbonyl (C=O) groups is 7. The van der Waals surface area contributed by atoms with Crippen molar-refractivity contribution < 1.29 is 60.9 Å². The van der Waals surface area contributed by atoms with Crippen LogP contribution >= 0.6 is 12.4 Å². The van der Waals surface area contributed by atoms with Crippen LogP contribution in [0.1, 0.15) is 82.1 Å². The highest BCUT2D eigenvalue weighted by Crippen LogP contribution is 2.45. The number of primary amides is 1. The second-order valence-corrected chi connectivity index (χ2v) is 18.5. The van der Waals surface area contributed by atoms with Crippen molar-refractivity contribution in [2.45, 2.75) is 135 Å². The van der Waals surface area contributed by atoms with E-state index in [1.807, 2.05) is 6.92 Å². The van der Waals surface area contributed by atoms with Gasteiger partial charge in [-0.15, -0.1) is 12.4 Å². The maximum atomic E-state index is 15.2. The largest absolute Gasteiger partial charge is 0.463 e. The molecule has 2 saturated heterocycles. The molecule has 3 aliphatic rings. The maximum Gasteiger partial charge on any atom is 0.303 e. The number of esters is 3. The molecule has 0 radical (unpaired) electrons. The van der Waals surface area contributed by atoms with Crippen molar-refractivity contribution in [1.82, 2.24) is 14.9 Å². The Morgan fingerprint density at radius 2 is 1.43 bits per heavy atom. The number of amides is 3. The number of halogens is 1. The Morgan fingerprint density at radius 3 is 1.94 bits per heavy atom. The van der Waals surface area contributed by atoms with E-state index in [9.17, 15) is 37.2 Å². The van der Waals surface area contributed by atoms with Gasteiger partial charge in [0.15, 0.2) is 18.0 Å². The van der Waals surface area contributed by atoms with E-state index in [1.165, 1.54) is 24.3 Å². The fraction of sp³-hybridized carbons (Fsp3) is 0.581. The number of hydrogen-bond donors (Lipinski definition) is 6. The molecule has 9 N–H and O–H groups in total. The number of amidine groups is 1. The van der Waals surface area contributed by atoms with Crippen LogP contribution in [0.2, 0.25) is 0 Å². The number of ether oxygens (including phenoxy) is 4. The number of rotatable bonds is 17. The van der Waals surface area contributed by atoms with Gasteiger partial charge in [-0.05, 0) is 75.6 Å². The van der Waals surface area contributed by atoms with Gasteiger partial charge in [0.1, 0.15) is 24.7 Å². The molecule has 7 atom stereocenters. The molecular weight excluding hydrogens is 890 g/mol. The molecule has 22 heteroatoms. The highest BCUT2D eigenvalue weighted by atomic mass is 35.5. The first kappa shape index (κ1) is 54.1. The first-order valence-electron chi connectivity index (χ1n) is 20.9. The zero-order valence-electron chi connectivity index (χ0n) is 37.9. The molecule has 2 aliphatic heterocycles. The highest BCUT2D eigenvalue weighted by molar-refractivity contribution is 7.89. The second kappa shape index (κ2) is 21.8. The Labute approximate surface area is 385 Å². The number of benzene rings is 1. The van der Waals surface area contributed by atoms with Crippen LogP contribution in [0.15, 0.2) is 35.3 Å². The molecule has 0 bridgehead atoms. The monoisotopic (exact) mass is 951 g/mol. The molecule has 1 aromatic carbocycles. The predicted octanol–water partition coefficient (Wildman–Crippen LogP) is 0.897. The molecule has 0 saturated carbocycles. The maximum absolute atomic E-state index is 15.2. The van der Waals surface area contributed by atoms with E-state index in [-0.39, 0.29) is 17.3 Å². The Balaban J connectivity index is 0.0000112. The smallest absolute Gasteiger partial charge is 0.303 e. The Kier molecular flexibility index (Phi) is 18.2. The number of nitrogens with one attached hydrogen (secondary N) is 3. The Hall–Kier alpha value is -5.22. The number of likely N-dealkylation sites (tertiary alicyclic amines) is 1. The molecule has 20 nitrogen and oxygen atoms in total. The molecule has 4 rings (SSSR count). The first-order chi connectivity index (χ1) is 29.8. The number of aryl methyl sites for hydroxylation is 2. The van der Waals surface area contributed by atoms with E-state index in [1.54, 1.807) is 31.7 Å². The van der Waals surface area contributed by atoms with Gasteiger partial charge in [-0.1, -0.05) is 30.4 Å². The molecule has 1 aromatic rings. The number of nitrogens with two attached hydrogens (primary N) is 3. The number of nitrogens with zero attached hydrogens (tertiary/aromatic N) is 1. The fourth-order valence-electron chi connectivity index (χ4n) is 8.78. The van der Waals surface area contributed by atoms with Crippen molar-refractivity contribution in [3.05, 3.63) is 52.6 Å². The van der Waals surface area contributed by atoms with Crippen molar-refractivity contribution in [3.8, 4) is 0 Å². The number of hydrogen-bond acceptors (Lipinski definition) is 15. The van der Waals surface area contributed by atoms with Gasteiger partial charge < -0.3 is 46.4 Å². The van der Waals surface area contributed by atoms with Crippen LogP contribution in [0.4, 0.5) is 0 Å². The average Bonchev–Trinajstić information content (AvgIpc) is 3.19. The molecule has 360 valence electrons. The summed E-state index contributed by atoms with van der Waals surface area (Å²) in [7, 11) is -4.56. The quantitative estimate of drug-likeness (QED) is 0.0416. The Morgan fingerprint density at radius 1 is 0.862 bits per heavy atom. The minimum absolute atomic E-state index is 0. The van der Waals surface area contributed by atoms with Crippen LogP contribution in [0.5, 0.6) is 0 Å². The van der Waals surface area contributed by atoms with E-state index in [2.05, 4.69) is 10.0 Å². The van der Waals surface area contributed by atoms with Crippen molar-refractivity contribution in [3.63, 3.8) is 0 Å². The SMILES string of the molecule is CC(=O)N[C@@H]1[C@@H](OC(C)=O)[C@H](OC(C)=O)[C@@H](COC(C)=O)O[C@H]1C1(C(=N)N)C=CC(C[C@@H](N)C(=O)N2CCCCC2)(C(=O)[C@H](CC(N)=O)NS(=O)(=O)c2c(C)cc(C)c(C)c2C)C=C1.Cl. The van der Waals surface area contributed by atoms with Gasteiger partial charge >= 0.3 is 17.9 Å². The second-order valence-electron chi connectivity index (χ2n) is 16.8.